The maximum atomic E-state index is 9.04. The summed E-state index contributed by atoms with van der Waals surface area (Å²) in [5.74, 6) is 0. The number of aliphatic hydroxyl groups excluding tert-OH is 1. The minimum absolute atomic E-state index is 0.154. The fourth-order valence-electron chi connectivity index (χ4n) is 2.28. The molecule has 1 aliphatic rings. The number of fused-ring (bicyclic) bond motifs is 1. The van der Waals surface area contributed by atoms with Crippen LogP contribution in [-0.2, 0) is 13.5 Å². The van der Waals surface area contributed by atoms with E-state index >= 15 is 0 Å². The van der Waals surface area contributed by atoms with Crippen LogP contribution in [0.5, 0.6) is 0 Å². The quantitative estimate of drug-likeness (QED) is 0.773. The molecular weight excluding hydrogens is 190 g/mol. The molecule has 0 radical (unpaired) electrons. The van der Waals surface area contributed by atoms with Crippen LogP contribution < -0.4 is 5.32 Å². The summed E-state index contributed by atoms with van der Waals surface area (Å²) in [6.45, 7) is 2.19. The number of aliphatic hydroxyl groups is 1. The molecule has 0 fully saturated rings. The summed E-state index contributed by atoms with van der Waals surface area (Å²) in [4.78, 5) is 0. The largest absolute Gasteiger partial charge is 0.395 e. The second-order valence-electron chi connectivity index (χ2n) is 4.37. The fourth-order valence-corrected chi connectivity index (χ4v) is 2.28. The Morgan fingerprint density at radius 1 is 1.73 bits per heavy atom. The molecule has 4 nitrogen and oxygen atoms in total. The molecule has 0 aliphatic heterocycles. The smallest absolute Gasteiger partial charge is 0.0582 e. The van der Waals surface area contributed by atoms with Crippen LogP contribution in [0.25, 0.3) is 0 Å². The monoisotopic (exact) mass is 209 g/mol. The first-order chi connectivity index (χ1) is 7.22. The predicted molar refractivity (Wildman–Crippen MR) is 58.6 cm³/mol. The maximum absolute atomic E-state index is 9.04. The highest BCUT2D eigenvalue weighted by Gasteiger charge is 2.23. The van der Waals surface area contributed by atoms with Gasteiger partial charge in [-0.25, -0.2) is 0 Å². The Kier molecular flexibility index (Phi) is 3.07. The zero-order valence-corrected chi connectivity index (χ0v) is 9.40. The van der Waals surface area contributed by atoms with E-state index in [-0.39, 0.29) is 12.6 Å². The molecule has 2 rings (SSSR count). The van der Waals surface area contributed by atoms with Gasteiger partial charge in [-0.05, 0) is 26.2 Å². The third-order valence-corrected chi connectivity index (χ3v) is 3.14. The van der Waals surface area contributed by atoms with E-state index in [9.17, 15) is 0 Å². The summed E-state index contributed by atoms with van der Waals surface area (Å²) in [5.41, 5.74) is 2.65. The van der Waals surface area contributed by atoms with Crippen molar-refractivity contribution in [1.82, 2.24) is 15.1 Å². The second-order valence-corrected chi connectivity index (χ2v) is 4.37. The van der Waals surface area contributed by atoms with Crippen molar-refractivity contribution in [1.29, 1.82) is 0 Å². The molecule has 2 atom stereocenters. The molecule has 0 aromatic carbocycles. The van der Waals surface area contributed by atoms with E-state index in [0.29, 0.717) is 6.04 Å². The normalized spacial score (nSPS) is 22.5. The Morgan fingerprint density at radius 2 is 2.53 bits per heavy atom. The molecule has 1 aliphatic carbocycles. The van der Waals surface area contributed by atoms with E-state index in [0.717, 1.165) is 12.8 Å². The molecule has 2 unspecified atom stereocenters. The van der Waals surface area contributed by atoms with Gasteiger partial charge in [0.2, 0.25) is 0 Å². The van der Waals surface area contributed by atoms with Gasteiger partial charge in [-0.15, -0.1) is 0 Å². The lowest BCUT2D eigenvalue weighted by Gasteiger charge is -2.26. The van der Waals surface area contributed by atoms with E-state index in [1.807, 2.05) is 24.9 Å². The van der Waals surface area contributed by atoms with E-state index in [1.165, 1.54) is 17.7 Å². The number of hydrogen-bond acceptors (Lipinski definition) is 3. The topological polar surface area (TPSA) is 50.1 Å². The van der Waals surface area contributed by atoms with Gasteiger partial charge in [-0.2, -0.15) is 5.10 Å². The van der Waals surface area contributed by atoms with Crippen molar-refractivity contribution in [2.24, 2.45) is 7.05 Å². The lowest BCUT2D eigenvalue weighted by atomic mass is 9.92. The zero-order valence-electron chi connectivity index (χ0n) is 9.40. The Labute approximate surface area is 90.3 Å². The Bertz CT molecular complexity index is 335. The Morgan fingerprint density at radius 3 is 3.27 bits per heavy atom. The van der Waals surface area contributed by atoms with Gasteiger partial charge in [-0.1, -0.05) is 0 Å². The van der Waals surface area contributed by atoms with Crippen LogP contribution in [-0.4, -0.2) is 27.5 Å². The van der Waals surface area contributed by atoms with Crippen LogP contribution in [0.4, 0.5) is 0 Å². The highest BCUT2D eigenvalue weighted by Crippen LogP contribution is 2.29. The minimum atomic E-state index is 0.154. The molecule has 1 aromatic rings. The molecule has 15 heavy (non-hydrogen) atoms. The van der Waals surface area contributed by atoms with Gasteiger partial charge in [0.25, 0.3) is 0 Å². The summed E-state index contributed by atoms with van der Waals surface area (Å²) in [6.07, 6.45) is 5.42. The van der Waals surface area contributed by atoms with Gasteiger partial charge >= 0.3 is 0 Å². The Hall–Kier alpha value is -0.870. The van der Waals surface area contributed by atoms with Crippen LogP contribution in [0.15, 0.2) is 6.20 Å². The first-order valence-corrected chi connectivity index (χ1v) is 5.60. The molecule has 0 bridgehead atoms. The summed E-state index contributed by atoms with van der Waals surface area (Å²) in [7, 11) is 2.00. The summed E-state index contributed by atoms with van der Waals surface area (Å²) in [6, 6.07) is 0.519. The van der Waals surface area contributed by atoms with E-state index in [4.69, 9.17) is 5.11 Å². The molecular formula is C11H19N3O. The van der Waals surface area contributed by atoms with Gasteiger partial charge in [0, 0.05) is 30.4 Å². The van der Waals surface area contributed by atoms with E-state index in [2.05, 4.69) is 10.4 Å². The number of aromatic nitrogens is 2. The highest BCUT2D eigenvalue weighted by molar-refractivity contribution is 5.24. The van der Waals surface area contributed by atoms with Crippen molar-refractivity contribution in [3.8, 4) is 0 Å². The summed E-state index contributed by atoms with van der Waals surface area (Å²) < 4.78 is 1.97. The summed E-state index contributed by atoms with van der Waals surface area (Å²) >= 11 is 0. The average molecular weight is 209 g/mol. The van der Waals surface area contributed by atoms with E-state index < -0.39 is 0 Å². The number of hydrogen-bond donors (Lipinski definition) is 2. The van der Waals surface area contributed by atoms with Crippen molar-refractivity contribution in [3.63, 3.8) is 0 Å². The molecule has 0 spiro atoms. The van der Waals surface area contributed by atoms with Crippen molar-refractivity contribution < 1.29 is 5.11 Å². The van der Waals surface area contributed by atoms with Crippen molar-refractivity contribution in [2.45, 2.75) is 38.3 Å². The number of nitrogens with zero attached hydrogens (tertiary/aromatic N) is 2. The molecule has 2 N–H and O–H groups in total. The zero-order chi connectivity index (χ0) is 10.8. The van der Waals surface area contributed by atoms with Crippen LogP contribution in [0.3, 0.4) is 0 Å². The minimum Gasteiger partial charge on any atom is -0.395 e. The molecule has 1 heterocycles. The van der Waals surface area contributed by atoms with Gasteiger partial charge < -0.3 is 10.4 Å². The predicted octanol–water partition coefficient (Wildman–Crippen LogP) is 0.768. The standard InChI is InChI=1S/C11H19N3O/c1-8(7-15)13-10-4-3-5-11-9(10)6-12-14(11)2/h6,8,10,13,15H,3-5,7H2,1-2H3. The number of nitrogens with one attached hydrogen (secondary N) is 1. The lowest BCUT2D eigenvalue weighted by molar-refractivity contribution is 0.236. The van der Waals surface area contributed by atoms with Gasteiger partial charge in [0.05, 0.1) is 12.8 Å². The van der Waals surface area contributed by atoms with Crippen LogP contribution in [0, 0.1) is 0 Å². The maximum Gasteiger partial charge on any atom is 0.0582 e. The second kappa shape index (κ2) is 4.33. The van der Waals surface area contributed by atoms with Crippen LogP contribution in [0.1, 0.15) is 37.1 Å². The lowest BCUT2D eigenvalue weighted by Crippen LogP contribution is -2.34. The first-order valence-electron chi connectivity index (χ1n) is 5.60. The fraction of sp³-hybridized carbons (Fsp3) is 0.727. The first kappa shape index (κ1) is 10.6. The van der Waals surface area contributed by atoms with Crippen molar-refractivity contribution in [2.75, 3.05) is 6.61 Å². The van der Waals surface area contributed by atoms with Gasteiger partial charge in [0.15, 0.2) is 0 Å². The average Bonchev–Trinajstić information content (AvgIpc) is 2.62. The highest BCUT2D eigenvalue weighted by atomic mass is 16.3. The third kappa shape index (κ3) is 2.06. The SMILES string of the molecule is CC(CO)NC1CCCc2c1cnn2C. The number of aryl methyl sites for hydroxylation is 1. The Balaban J connectivity index is 2.15. The molecule has 0 saturated carbocycles. The van der Waals surface area contributed by atoms with Crippen LogP contribution >= 0.6 is 0 Å². The summed E-state index contributed by atoms with van der Waals surface area (Å²) in [5, 5.41) is 16.8. The molecule has 0 amide bonds. The third-order valence-electron chi connectivity index (χ3n) is 3.14. The van der Waals surface area contributed by atoms with Gasteiger partial charge in [0.1, 0.15) is 0 Å². The van der Waals surface area contributed by atoms with Crippen molar-refractivity contribution >= 4 is 0 Å². The van der Waals surface area contributed by atoms with Gasteiger partial charge in [-0.3, -0.25) is 4.68 Å². The molecule has 1 aromatic heterocycles. The van der Waals surface area contributed by atoms with Crippen molar-refractivity contribution in [3.05, 3.63) is 17.5 Å². The molecule has 4 heteroatoms. The molecule has 84 valence electrons. The molecule has 0 saturated heterocycles. The van der Waals surface area contributed by atoms with Crippen LogP contribution in [0.2, 0.25) is 0 Å². The number of rotatable bonds is 3. The van der Waals surface area contributed by atoms with E-state index in [1.54, 1.807) is 0 Å².